The largest absolute Gasteiger partial charge is 0.469 e. The summed E-state index contributed by atoms with van der Waals surface area (Å²) in [7, 11) is 1.41. The van der Waals surface area contributed by atoms with E-state index in [1.54, 1.807) is 0 Å². The summed E-state index contributed by atoms with van der Waals surface area (Å²) < 4.78 is 4.76. The number of hydrogen-bond donors (Lipinski definition) is 1. The van der Waals surface area contributed by atoms with Crippen molar-refractivity contribution in [1.29, 1.82) is 0 Å². The number of ether oxygens (including phenoxy) is 1. The third kappa shape index (κ3) is 1.98. The lowest BCUT2D eigenvalue weighted by molar-refractivity contribution is -0.142. The zero-order valence-electron chi connectivity index (χ0n) is 8.42. The third-order valence-corrected chi connectivity index (χ3v) is 2.87. The van der Waals surface area contributed by atoms with Crippen LogP contribution in [-0.2, 0) is 16.1 Å². The van der Waals surface area contributed by atoms with Gasteiger partial charge in [-0.05, 0) is 23.3 Å². The fourth-order valence-electron chi connectivity index (χ4n) is 1.88. The Labute approximate surface area is 93.4 Å². The summed E-state index contributed by atoms with van der Waals surface area (Å²) in [4.78, 5) is 11.5. The quantitative estimate of drug-likeness (QED) is 0.740. The number of rotatable bonds is 1. The first-order valence-electron chi connectivity index (χ1n) is 4.79. The van der Waals surface area contributed by atoms with Crippen LogP contribution >= 0.6 is 11.6 Å². The Balaban J connectivity index is 2.38. The van der Waals surface area contributed by atoms with Crippen LogP contribution in [0.15, 0.2) is 18.2 Å². The molecule has 0 bridgehead atoms. The van der Waals surface area contributed by atoms with Gasteiger partial charge in [-0.2, -0.15) is 0 Å². The van der Waals surface area contributed by atoms with Gasteiger partial charge in [-0.15, -0.1) is 0 Å². The van der Waals surface area contributed by atoms with E-state index in [4.69, 9.17) is 16.3 Å². The van der Waals surface area contributed by atoms with Gasteiger partial charge in [0, 0.05) is 18.1 Å². The van der Waals surface area contributed by atoms with Crippen LogP contribution in [0.2, 0.25) is 5.02 Å². The molecule has 1 aromatic rings. The average molecular weight is 226 g/mol. The maximum atomic E-state index is 11.5. The Morgan fingerprint density at radius 2 is 2.40 bits per heavy atom. The molecule has 2 rings (SSSR count). The number of benzene rings is 1. The van der Waals surface area contributed by atoms with Crippen LogP contribution in [0.1, 0.15) is 17.0 Å². The molecule has 1 atom stereocenters. The number of methoxy groups -OCH3 is 1. The van der Waals surface area contributed by atoms with Gasteiger partial charge in [0.1, 0.15) is 0 Å². The van der Waals surface area contributed by atoms with Crippen LogP contribution in [-0.4, -0.2) is 19.6 Å². The molecular formula is C11H12ClNO2. The van der Waals surface area contributed by atoms with Crippen molar-refractivity contribution in [3.8, 4) is 0 Å². The van der Waals surface area contributed by atoms with E-state index in [2.05, 4.69) is 5.32 Å². The van der Waals surface area contributed by atoms with Gasteiger partial charge in [-0.3, -0.25) is 4.79 Å². The Bertz CT molecular complexity index is 392. The summed E-state index contributed by atoms with van der Waals surface area (Å²) in [5.74, 6) is -0.415. The van der Waals surface area contributed by atoms with Crippen LogP contribution in [0, 0.1) is 0 Å². The van der Waals surface area contributed by atoms with Crippen molar-refractivity contribution in [2.75, 3.05) is 13.7 Å². The highest BCUT2D eigenvalue weighted by atomic mass is 35.5. The standard InChI is InChI=1S/C11H12ClNO2/c1-15-11(14)10-6-13-5-7-4-8(12)2-3-9(7)10/h2-4,10,13H,5-6H2,1H3. The molecule has 3 nitrogen and oxygen atoms in total. The highest BCUT2D eigenvalue weighted by Gasteiger charge is 2.26. The molecule has 1 unspecified atom stereocenters. The van der Waals surface area contributed by atoms with E-state index in [0.29, 0.717) is 11.6 Å². The van der Waals surface area contributed by atoms with Gasteiger partial charge in [0.05, 0.1) is 13.0 Å². The monoisotopic (exact) mass is 225 g/mol. The lowest BCUT2D eigenvalue weighted by Crippen LogP contribution is -2.33. The average Bonchev–Trinajstić information content (AvgIpc) is 2.26. The minimum atomic E-state index is -0.212. The molecule has 1 heterocycles. The molecule has 1 aliphatic rings. The lowest BCUT2D eigenvalue weighted by Gasteiger charge is -2.24. The minimum Gasteiger partial charge on any atom is -0.469 e. The fraction of sp³-hybridized carbons (Fsp3) is 0.364. The first-order valence-corrected chi connectivity index (χ1v) is 5.17. The van der Waals surface area contributed by atoms with Gasteiger partial charge in [-0.1, -0.05) is 17.7 Å². The molecule has 0 aliphatic carbocycles. The molecule has 15 heavy (non-hydrogen) atoms. The smallest absolute Gasteiger partial charge is 0.314 e. The summed E-state index contributed by atoms with van der Waals surface area (Å²) >= 11 is 5.89. The summed E-state index contributed by atoms with van der Waals surface area (Å²) in [6.45, 7) is 1.38. The van der Waals surface area contributed by atoms with E-state index in [0.717, 1.165) is 17.7 Å². The topological polar surface area (TPSA) is 38.3 Å². The van der Waals surface area contributed by atoms with Crippen LogP contribution < -0.4 is 5.32 Å². The summed E-state index contributed by atoms with van der Waals surface area (Å²) in [6.07, 6.45) is 0. The third-order valence-electron chi connectivity index (χ3n) is 2.63. The van der Waals surface area contributed by atoms with E-state index < -0.39 is 0 Å². The Hall–Kier alpha value is -1.06. The van der Waals surface area contributed by atoms with Gasteiger partial charge in [0.25, 0.3) is 0 Å². The van der Waals surface area contributed by atoms with E-state index in [-0.39, 0.29) is 11.9 Å². The predicted octanol–water partition coefficient (Wildman–Crippen LogP) is 1.70. The highest BCUT2D eigenvalue weighted by Crippen LogP contribution is 2.27. The number of halogens is 1. The van der Waals surface area contributed by atoms with Crippen molar-refractivity contribution in [3.63, 3.8) is 0 Å². The second kappa shape index (κ2) is 4.21. The molecule has 1 N–H and O–H groups in total. The molecule has 80 valence electrons. The molecule has 0 spiro atoms. The molecule has 0 saturated heterocycles. The molecule has 0 fully saturated rings. The van der Waals surface area contributed by atoms with Crippen molar-refractivity contribution in [1.82, 2.24) is 5.32 Å². The predicted molar refractivity (Wildman–Crippen MR) is 57.9 cm³/mol. The SMILES string of the molecule is COC(=O)C1CNCc2cc(Cl)ccc21. The Morgan fingerprint density at radius 3 is 3.13 bits per heavy atom. The van der Waals surface area contributed by atoms with E-state index in [1.807, 2.05) is 18.2 Å². The van der Waals surface area contributed by atoms with E-state index >= 15 is 0 Å². The zero-order valence-corrected chi connectivity index (χ0v) is 9.17. The van der Waals surface area contributed by atoms with Crippen LogP contribution in [0.25, 0.3) is 0 Å². The number of nitrogens with one attached hydrogen (secondary N) is 1. The highest BCUT2D eigenvalue weighted by molar-refractivity contribution is 6.30. The number of carbonyl (C=O) groups excluding carboxylic acids is 1. The molecule has 0 amide bonds. The van der Waals surface area contributed by atoms with Gasteiger partial charge in [0.2, 0.25) is 0 Å². The minimum absolute atomic E-state index is 0.203. The van der Waals surface area contributed by atoms with Crippen LogP contribution in [0.3, 0.4) is 0 Å². The zero-order chi connectivity index (χ0) is 10.8. The number of esters is 1. The van der Waals surface area contributed by atoms with Crippen molar-refractivity contribution in [2.24, 2.45) is 0 Å². The normalized spacial score (nSPS) is 19.5. The number of fused-ring (bicyclic) bond motifs is 1. The number of hydrogen-bond acceptors (Lipinski definition) is 3. The van der Waals surface area contributed by atoms with E-state index in [9.17, 15) is 4.79 Å². The van der Waals surface area contributed by atoms with Crippen molar-refractivity contribution in [2.45, 2.75) is 12.5 Å². The van der Waals surface area contributed by atoms with Crippen molar-refractivity contribution in [3.05, 3.63) is 34.3 Å². The van der Waals surface area contributed by atoms with Crippen molar-refractivity contribution < 1.29 is 9.53 Å². The van der Waals surface area contributed by atoms with Gasteiger partial charge in [0.15, 0.2) is 0 Å². The van der Waals surface area contributed by atoms with Crippen LogP contribution in [0.4, 0.5) is 0 Å². The molecule has 0 saturated carbocycles. The molecule has 1 aromatic carbocycles. The van der Waals surface area contributed by atoms with Crippen LogP contribution in [0.5, 0.6) is 0 Å². The maximum Gasteiger partial charge on any atom is 0.314 e. The Morgan fingerprint density at radius 1 is 1.60 bits per heavy atom. The maximum absolute atomic E-state index is 11.5. The summed E-state index contributed by atoms with van der Waals surface area (Å²) in [5, 5.41) is 3.87. The van der Waals surface area contributed by atoms with Crippen molar-refractivity contribution >= 4 is 17.6 Å². The number of carbonyl (C=O) groups is 1. The van der Waals surface area contributed by atoms with E-state index in [1.165, 1.54) is 7.11 Å². The molecule has 1 aliphatic heterocycles. The fourth-order valence-corrected chi connectivity index (χ4v) is 2.08. The second-order valence-corrected chi connectivity index (χ2v) is 3.99. The first-order chi connectivity index (χ1) is 7.22. The summed E-state index contributed by atoms with van der Waals surface area (Å²) in [6, 6.07) is 5.60. The summed E-state index contributed by atoms with van der Waals surface area (Å²) in [5.41, 5.74) is 2.09. The molecule has 4 heteroatoms. The molecular weight excluding hydrogens is 214 g/mol. The first kappa shape index (κ1) is 10.5. The van der Waals surface area contributed by atoms with Gasteiger partial charge in [-0.25, -0.2) is 0 Å². The lowest BCUT2D eigenvalue weighted by atomic mass is 9.91. The Kier molecular flexibility index (Phi) is 2.93. The molecule has 0 radical (unpaired) electrons. The van der Waals surface area contributed by atoms with Gasteiger partial charge >= 0.3 is 5.97 Å². The molecule has 0 aromatic heterocycles. The second-order valence-electron chi connectivity index (χ2n) is 3.55. The van der Waals surface area contributed by atoms with Gasteiger partial charge < -0.3 is 10.1 Å².